The minimum atomic E-state index is -0.295. The average molecular weight is 306 g/mol. The van der Waals surface area contributed by atoms with Crippen LogP contribution in [0.5, 0.6) is 0 Å². The van der Waals surface area contributed by atoms with Gasteiger partial charge >= 0.3 is 0 Å². The number of nitrogens with zero attached hydrogens (tertiary/aromatic N) is 2. The lowest BCUT2D eigenvalue weighted by molar-refractivity contribution is 0.628. The maximum Gasteiger partial charge on any atom is 0.171 e. The first-order valence-electron chi connectivity index (χ1n) is 6.86. The first kappa shape index (κ1) is 15.4. The van der Waals surface area contributed by atoms with Crippen molar-refractivity contribution in [2.45, 2.75) is 33.4 Å². The number of aryl methyl sites for hydroxylation is 1. The molecular weight excluding hydrogens is 287 g/mol. The van der Waals surface area contributed by atoms with E-state index in [-0.39, 0.29) is 11.9 Å². The number of thiocarbonyl (C=S) groups is 1. The summed E-state index contributed by atoms with van der Waals surface area (Å²) in [6.45, 7) is 6.94. The number of aromatic nitrogens is 2. The summed E-state index contributed by atoms with van der Waals surface area (Å²) in [5.74, 6) is -0.295. The minimum absolute atomic E-state index is 0.0267. The summed E-state index contributed by atoms with van der Waals surface area (Å²) in [6, 6.07) is 6.23. The van der Waals surface area contributed by atoms with Gasteiger partial charge in [0.1, 0.15) is 5.82 Å². The molecule has 112 valence electrons. The Kier molecular flexibility index (Phi) is 4.90. The standard InChI is InChI=1S/C15H19FN4S/c1-4-20-11(3)14(9-17-20)10(2)18-15(21)19-13-7-5-6-12(16)8-13/h5-10H,4H2,1-3H3,(H2,18,19,21). The summed E-state index contributed by atoms with van der Waals surface area (Å²) < 4.78 is 15.1. The van der Waals surface area contributed by atoms with Gasteiger partial charge in [0.2, 0.25) is 0 Å². The van der Waals surface area contributed by atoms with Gasteiger partial charge in [0.05, 0.1) is 12.2 Å². The molecule has 0 aliphatic rings. The van der Waals surface area contributed by atoms with Gasteiger partial charge in [-0.2, -0.15) is 5.10 Å². The summed E-state index contributed by atoms with van der Waals surface area (Å²) in [4.78, 5) is 0. The quantitative estimate of drug-likeness (QED) is 0.850. The van der Waals surface area contributed by atoms with E-state index in [1.54, 1.807) is 12.1 Å². The highest BCUT2D eigenvalue weighted by Gasteiger charge is 2.13. The van der Waals surface area contributed by atoms with Gasteiger partial charge in [0.15, 0.2) is 5.11 Å². The van der Waals surface area contributed by atoms with Gasteiger partial charge in [-0.05, 0) is 51.2 Å². The molecular formula is C15H19FN4S. The van der Waals surface area contributed by atoms with Crippen LogP contribution in [-0.4, -0.2) is 14.9 Å². The maximum atomic E-state index is 13.1. The number of anilines is 1. The van der Waals surface area contributed by atoms with Crippen molar-refractivity contribution in [2.24, 2.45) is 0 Å². The molecule has 1 atom stereocenters. The van der Waals surface area contributed by atoms with Crippen molar-refractivity contribution in [1.82, 2.24) is 15.1 Å². The molecule has 1 aromatic carbocycles. The van der Waals surface area contributed by atoms with Gasteiger partial charge < -0.3 is 10.6 Å². The summed E-state index contributed by atoms with van der Waals surface area (Å²) in [5, 5.41) is 10.9. The molecule has 0 fully saturated rings. The van der Waals surface area contributed by atoms with Crippen LogP contribution < -0.4 is 10.6 Å². The number of hydrogen-bond acceptors (Lipinski definition) is 2. The second-order valence-corrected chi connectivity index (χ2v) is 5.24. The lowest BCUT2D eigenvalue weighted by atomic mass is 10.1. The highest BCUT2D eigenvalue weighted by molar-refractivity contribution is 7.80. The molecule has 1 aromatic heterocycles. The summed E-state index contributed by atoms with van der Waals surface area (Å²) in [7, 11) is 0. The van der Waals surface area contributed by atoms with E-state index in [1.165, 1.54) is 12.1 Å². The predicted octanol–water partition coefficient (Wildman–Crippen LogP) is 3.40. The molecule has 0 saturated heterocycles. The van der Waals surface area contributed by atoms with Gasteiger partial charge in [0, 0.05) is 23.5 Å². The number of nitrogens with one attached hydrogen (secondary N) is 2. The van der Waals surface area contributed by atoms with Crippen molar-refractivity contribution in [3.05, 3.63) is 47.5 Å². The van der Waals surface area contributed by atoms with Crippen molar-refractivity contribution in [1.29, 1.82) is 0 Å². The SMILES string of the molecule is CCn1ncc(C(C)NC(=S)Nc2cccc(F)c2)c1C. The largest absolute Gasteiger partial charge is 0.356 e. The fourth-order valence-corrected chi connectivity index (χ4v) is 2.51. The molecule has 1 heterocycles. The van der Waals surface area contributed by atoms with E-state index in [0.29, 0.717) is 10.8 Å². The number of benzene rings is 1. The van der Waals surface area contributed by atoms with Crippen LogP contribution in [-0.2, 0) is 6.54 Å². The van der Waals surface area contributed by atoms with Crippen LogP contribution >= 0.6 is 12.2 Å². The van der Waals surface area contributed by atoms with E-state index in [0.717, 1.165) is 17.8 Å². The molecule has 0 spiro atoms. The molecule has 2 rings (SSSR count). The van der Waals surface area contributed by atoms with Crippen LogP contribution in [0.4, 0.5) is 10.1 Å². The van der Waals surface area contributed by atoms with Crippen molar-refractivity contribution in [3.8, 4) is 0 Å². The van der Waals surface area contributed by atoms with E-state index < -0.39 is 0 Å². The summed E-state index contributed by atoms with van der Waals surface area (Å²) >= 11 is 5.26. The minimum Gasteiger partial charge on any atom is -0.356 e. The molecule has 21 heavy (non-hydrogen) atoms. The zero-order chi connectivity index (χ0) is 15.4. The van der Waals surface area contributed by atoms with E-state index in [4.69, 9.17) is 12.2 Å². The third-order valence-corrected chi connectivity index (χ3v) is 3.56. The topological polar surface area (TPSA) is 41.9 Å². The molecule has 6 heteroatoms. The van der Waals surface area contributed by atoms with E-state index in [9.17, 15) is 4.39 Å². The van der Waals surface area contributed by atoms with Crippen LogP contribution in [0.1, 0.15) is 31.1 Å². The van der Waals surface area contributed by atoms with Crippen LogP contribution in [0.25, 0.3) is 0 Å². The number of hydrogen-bond donors (Lipinski definition) is 2. The lowest BCUT2D eigenvalue weighted by Crippen LogP contribution is -2.31. The zero-order valence-electron chi connectivity index (χ0n) is 12.4. The summed E-state index contributed by atoms with van der Waals surface area (Å²) in [6.07, 6.45) is 1.85. The smallest absolute Gasteiger partial charge is 0.171 e. The van der Waals surface area contributed by atoms with Crippen LogP contribution in [0.3, 0.4) is 0 Å². The van der Waals surface area contributed by atoms with E-state index in [2.05, 4.69) is 22.7 Å². The summed E-state index contributed by atoms with van der Waals surface area (Å²) in [5.41, 5.74) is 2.84. The maximum absolute atomic E-state index is 13.1. The van der Waals surface area contributed by atoms with Gasteiger partial charge in [-0.1, -0.05) is 6.07 Å². The Hall–Kier alpha value is -1.95. The Balaban J connectivity index is 2.00. The van der Waals surface area contributed by atoms with Crippen molar-refractivity contribution in [3.63, 3.8) is 0 Å². The Labute approximate surface area is 129 Å². The zero-order valence-corrected chi connectivity index (χ0v) is 13.2. The van der Waals surface area contributed by atoms with Crippen molar-refractivity contribution >= 4 is 23.0 Å². The second-order valence-electron chi connectivity index (χ2n) is 4.83. The van der Waals surface area contributed by atoms with Crippen LogP contribution in [0.15, 0.2) is 30.5 Å². The highest BCUT2D eigenvalue weighted by atomic mass is 32.1. The number of rotatable bonds is 4. The molecule has 0 saturated carbocycles. The average Bonchev–Trinajstić information content (AvgIpc) is 2.79. The van der Waals surface area contributed by atoms with Gasteiger partial charge in [-0.15, -0.1) is 0 Å². The van der Waals surface area contributed by atoms with Gasteiger partial charge in [-0.25, -0.2) is 4.39 Å². The molecule has 0 aliphatic heterocycles. The Morgan fingerprint density at radius 2 is 2.24 bits per heavy atom. The van der Waals surface area contributed by atoms with Gasteiger partial charge in [0.25, 0.3) is 0 Å². The Morgan fingerprint density at radius 3 is 2.86 bits per heavy atom. The molecule has 2 aromatic rings. The second kappa shape index (κ2) is 6.67. The first-order valence-corrected chi connectivity index (χ1v) is 7.27. The van der Waals surface area contributed by atoms with Crippen molar-refractivity contribution < 1.29 is 4.39 Å². The molecule has 0 amide bonds. The Bertz CT molecular complexity index is 638. The highest BCUT2D eigenvalue weighted by Crippen LogP contribution is 2.17. The fraction of sp³-hybridized carbons (Fsp3) is 0.333. The predicted molar refractivity (Wildman–Crippen MR) is 86.8 cm³/mol. The van der Waals surface area contributed by atoms with Crippen LogP contribution in [0.2, 0.25) is 0 Å². The third-order valence-electron chi connectivity index (χ3n) is 3.34. The molecule has 2 N–H and O–H groups in total. The molecule has 0 radical (unpaired) electrons. The molecule has 1 unspecified atom stereocenters. The normalized spacial score (nSPS) is 12.0. The molecule has 4 nitrogen and oxygen atoms in total. The first-order chi connectivity index (χ1) is 10.0. The third kappa shape index (κ3) is 3.78. The number of halogens is 1. The van der Waals surface area contributed by atoms with Crippen molar-refractivity contribution in [2.75, 3.05) is 5.32 Å². The molecule has 0 aliphatic carbocycles. The Morgan fingerprint density at radius 1 is 1.48 bits per heavy atom. The van der Waals surface area contributed by atoms with Crippen LogP contribution in [0, 0.1) is 12.7 Å². The fourth-order valence-electron chi connectivity index (χ4n) is 2.21. The van der Waals surface area contributed by atoms with Gasteiger partial charge in [-0.3, -0.25) is 4.68 Å². The van der Waals surface area contributed by atoms with E-state index in [1.807, 2.05) is 24.7 Å². The van der Waals surface area contributed by atoms with E-state index >= 15 is 0 Å². The monoisotopic (exact) mass is 306 g/mol. The lowest BCUT2D eigenvalue weighted by Gasteiger charge is -2.17. The molecule has 0 bridgehead atoms.